The van der Waals surface area contributed by atoms with Crippen molar-refractivity contribution in [3.8, 4) is 0 Å². The van der Waals surface area contributed by atoms with Crippen LogP contribution >= 0.6 is 0 Å². The molecular formula is C42H68N4O10. The number of carboxylic acids is 1. The summed E-state index contributed by atoms with van der Waals surface area (Å²) < 4.78 is 11.9. The Morgan fingerprint density at radius 1 is 0.911 bits per heavy atom. The van der Waals surface area contributed by atoms with Crippen molar-refractivity contribution in [2.45, 2.75) is 124 Å². The second kappa shape index (κ2) is 22.3. The first kappa shape index (κ1) is 48.4. The van der Waals surface area contributed by atoms with Crippen molar-refractivity contribution in [2.75, 3.05) is 41.9 Å². The van der Waals surface area contributed by atoms with E-state index in [4.69, 9.17) is 9.47 Å². The van der Waals surface area contributed by atoms with Crippen LogP contribution in [0.25, 0.3) is 0 Å². The molecular weight excluding hydrogens is 720 g/mol. The number of ketones is 2. The summed E-state index contributed by atoms with van der Waals surface area (Å²) in [4.78, 5) is 83.7. The second-order valence-corrected chi connectivity index (χ2v) is 16.6. The minimum atomic E-state index is -1.15. The molecule has 2 amide bonds. The summed E-state index contributed by atoms with van der Waals surface area (Å²) in [5, 5.41) is 21.0. The number of amides is 2. The number of carbonyl (C=O) groups excluding carboxylic acids is 4. The van der Waals surface area contributed by atoms with E-state index in [1.165, 1.54) is 38.5 Å². The van der Waals surface area contributed by atoms with Crippen LogP contribution in [-0.4, -0.2) is 126 Å². The summed E-state index contributed by atoms with van der Waals surface area (Å²) in [5.74, 6) is -4.19. The summed E-state index contributed by atoms with van der Waals surface area (Å²) in [6.45, 7) is 14.1. The third-order valence-electron chi connectivity index (χ3n) is 11.8. The largest absolute Gasteiger partial charge is 0.481 e. The number of ether oxygens (including phenoxy) is 2. The molecule has 9 atom stereocenters. The maximum absolute atomic E-state index is 14.3. The van der Waals surface area contributed by atoms with Gasteiger partial charge in [0.15, 0.2) is 5.78 Å². The Kier molecular flexibility index (Phi) is 19.2. The number of likely N-dealkylation sites (N-methyl/N-ethyl adjacent to an activating group) is 2. The molecule has 0 spiro atoms. The SMILES string of the molecule is CCC(C)C(C(CC(=O)N1CCCC1C(OC)C(C)C(=O)C[C@@H](Cc1ccc([N+](=O)[O-])cc1)C(=O)O)OC)N(C)C(=O)[C@@H](CC(=O)C(C(C)C)N(C)C)C(C)C. The summed E-state index contributed by atoms with van der Waals surface area (Å²) in [5.41, 5.74) is 0.451. The van der Waals surface area contributed by atoms with Crippen molar-refractivity contribution >= 4 is 35.0 Å². The third-order valence-corrected chi connectivity index (χ3v) is 11.8. The highest BCUT2D eigenvalue weighted by atomic mass is 16.6. The van der Waals surface area contributed by atoms with E-state index < -0.39 is 52.9 Å². The molecule has 1 aliphatic heterocycles. The van der Waals surface area contributed by atoms with Gasteiger partial charge in [-0.05, 0) is 56.7 Å². The lowest BCUT2D eigenvalue weighted by atomic mass is 9.83. The molecule has 7 unspecified atom stereocenters. The maximum Gasteiger partial charge on any atom is 0.307 e. The second-order valence-electron chi connectivity index (χ2n) is 16.6. The standard InChI is InChI=1S/C42H68N4O10/c1-13-27(6)39(44(10)41(50)32(25(2)3)23-35(48)38(26(4)5)43(8)9)36(55-11)24-37(49)45-20-14-15-33(45)40(56-12)28(7)34(47)22-30(42(51)52)21-29-16-18-31(19-17-29)46(53)54/h16-19,25-28,30,32-33,36,38-40H,13-15,20-24H2,1-12H3,(H,51,52)/t27?,28?,30-,32+,33?,36?,38?,39?,40?/m1/s1. The van der Waals surface area contributed by atoms with Gasteiger partial charge >= 0.3 is 5.97 Å². The first-order chi connectivity index (χ1) is 26.2. The number of methoxy groups -OCH3 is 2. The predicted octanol–water partition coefficient (Wildman–Crippen LogP) is 5.54. The van der Waals surface area contributed by atoms with Gasteiger partial charge in [0.1, 0.15) is 5.78 Å². The molecule has 1 aromatic rings. The number of benzene rings is 1. The molecule has 0 bridgehead atoms. The molecule has 56 heavy (non-hydrogen) atoms. The molecule has 0 saturated carbocycles. The molecule has 1 saturated heterocycles. The van der Waals surface area contributed by atoms with Crippen LogP contribution in [0.4, 0.5) is 5.69 Å². The van der Waals surface area contributed by atoms with E-state index >= 15 is 0 Å². The lowest BCUT2D eigenvalue weighted by Crippen LogP contribution is -2.54. The van der Waals surface area contributed by atoms with E-state index in [0.29, 0.717) is 24.9 Å². The number of nitrogens with zero attached hydrogens (tertiary/aromatic N) is 4. The monoisotopic (exact) mass is 788 g/mol. The van der Waals surface area contributed by atoms with Crippen molar-refractivity contribution in [1.29, 1.82) is 0 Å². The van der Waals surface area contributed by atoms with Crippen molar-refractivity contribution in [3.63, 3.8) is 0 Å². The highest BCUT2D eigenvalue weighted by molar-refractivity contribution is 5.90. The topological polar surface area (TPSA) is 177 Å². The van der Waals surface area contributed by atoms with Gasteiger partial charge in [-0.1, -0.05) is 67.0 Å². The molecule has 1 aliphatic rings. The molecule has 0 aliphatic carbocycles. The van der Waals surface area contributed by atoms with Crippen molar-refractivity contribution in [2.24, 2.45) is 35.5 Å². The van der Waals surface area contributed by atoms with E-state index in [1.807, 2.05) is 60.5 Å². The van der Waals surface area contributed by atoms with E-state index in [-0.39, 0.29) is 78.5 Å². The zero-order chi connectivity index (χ0) is 42.6. The van der Waals surface area contributed by atoms with Gasteiger partial charge in [-0.2, -0.15) is 0 Å². The van der Waals surface area contributed by atoms with E-state index in [1.54, 1.807) is 23.8 Å². The number of carbonyl (C=O) groups is 5. The summed E-state index contributed by atoms with van der Waals surface area (Å²) in [6.07, 6.45) is 0.491. The van der Waals surface area contributed by atoms with Crippen molar-refractivity contribution in [1.82, 2.24) is 14.7 Å². The summed E-state index contributed by atoms with van der Waals surface area (Å²) in [6, 6.07) is 4.38. The van der Waals surface area contributed by atoms with E-state index in [9.17, 15) is 39.2 Å². The fraction of sp³-hybridized carbons (Fsp3) is 0.738. The molecule has 14 heteroatoms. The fourth-order valence-corrected chi connectivity index (χ4v) is 8.52. The van der Waals surface area contributed by atoms with Crippen LogP contribution in [-0.2, 0) is 39.9 Å². The van der Waals surface area contributed by atoms with E-state index in [0.717, 1.165) is 6.42 Å². The van der Waals surface area contributed by atoms with Crippen LogP contribution < -0.4 is 0 Å². The number of non-ortho nitro benzene ring substituents is 1. The Hall–Kier alpha value is -3.75. The van der Waals surface area contributed by atoms with Crippen LogP contribution in [0.2, 0.25) is 0 Å². The molecule has 1 heterocycles. The first-order valence-electron chi connectivity index (χ1n) is 20.0. The number of hydrogen-bond donors (Lipinski definition) is 1. The van der Waals surface area contributed by atoms with Gasteiger partial charge in [-0.15, -0.1) is 0 Å². The summed E-state index contributed by atoms with van der Waals surface area (Å²) in [7, 11) is 8.51. The van der Waals surface area contributed by atoms with Crippen LogP contribution in [0.3, 0.4) is 0 Å². The Morgan fingerprint density at radius 2 is 1.52 bits per heavy atom. The molecule has 316 valence electrons. The number of Topliss-reactive ketones (excluding diaryl/α,β-unsaturated/α-hetero) is 2. The molecule has 1 fully saturated rings. The molecule has 0 radical (unpaired) electrons. The Labute approximate surface area is 333 Å². The predicted molar refractivity (Wildman–Crippen MR) is 214 cm³/mol. The molecule has 2 rings (SSSR count). The minimum absolute atomic E-state index is 0.0178. The quantitative estimate of drug-likeness (QED) is 0.103. The average Bonchev–Trinajstić information content (AvgIpc) is 3.62. The Balaban J connectivity index is 2.27. The molecule has 1 N–H and O–H groups in total. The van der Waals surface area contributed by atoms with Crippen LogP contribution in [0.15, 0.2) is 24.3 Å². The smallest absolute Gasteiger partial charge is 0.307 e. The molecule has 1 aromatic carbocycles. The van der Waals surface area contributed by atoms with Crippen LogP contribution in [0, 0.1) is 45.6 Å². The minimum Gasteiger partial charge on any atom is -0.481 e. The molecule has 14 nitrogen and oxygen atoms in total. The van der Waals surface area contributed by atoms with Crippen LogP contribution in [0.5, 0.6) is 0 Å². The lowest BCUT2D eigenvalue weighted by molar-refractivity contribution is -0.384. The van der Waals surface area contributed by atoms with Crippen LogP contribution in [0.1, 0.15) is 92.6 Å². The van der Waals surface area contributed by atoms with Gasteiger partial charge in [0, 0.05) is 64.6 Å². The third kappa shape index (κ3) is 12.6. The lowest BCUT2D eigenvalue weighted by Gasteiger charge is -2.41. The zero-order valence-electron chi connectivity index (χ0n) is 35.7. The van der Waals surface area contributed by atoms with Gasteiger partial charge in [0.2, 0.25) is 11.8 Å². The van der Waals surface area contributed by atoms with Gasteiger partial charge in [-0.3, -0.25) is 39.0 Å². The number of aliphatic carboxylic acids is 1. The number of nitro benzene ring substituents is 1. The van der Waals surface area contributed by atoms with Crippen molar-refractivity contribution < 1.29 is 43.5 Å². The number of hydrogen-bond acceptors (Lipinski definition) is 10. The Bertz CT molecular complexity index is 1470. The van der Waals surface area contributed by atoms with Gasteiger partial charge in [0.25, 0.3) is 5.69 Å². The highest BCUT2D eigenvalue weighted by Crippen LogP contribution is 2.32. The van der Waals surface area contributed by atoms with Gasteiger partial charge in [-0.25, -0.2) is 0 Å². The fourth-order valence-electron chi connectivity index (χ4n) is 8.52. The number of nitro groups is 1. The number of rotatable bonds is 24. The number of likely N-dealkylation sites (tertiary alicyclic amines) is 1. The van der Waals surface area contributed by atoms with E-state index in [2.05, 4.69) is 0 Å². The Morgan fingerprint density at radius 3 is 1.98 bits per heavy atom. The van der Waals surface area contributed by atoms with Crippen molar-refractivity contribution in [3.05, 3.63) is 39.9 Å². The highest BCUT2D eigenvalue weighted by Gasteiger charge is 2.43. The first-order valence-corrected chi connectivity index (χ1v) is 20.0. The maximum atomic E-state index is 14.3. The number of carboxylic acid groups (broad SMARTS) is 1. The zero-order valence-corrected chi connectivity index (χ0v) is 35.7. The average molecular weight is 789 g/mol. The summed E-state index contributed by atoms with van der Waals surface area (Å²) >= 11 is 0. The van der Waals surface area contributed by atoms with Gasteiger partial charge in [0.05, 0.1) is 47.6 Å². The normalized spacial score (nSPS) is 18.9. The van der Waals surface area contributed by atoms with Gasteiger partial charge < -0.3 is 24.4 Å². The molecule has 0 aromatic heterocycles.